The summed E-state index contributed by atoms with van der Waals surface area (Å²) in [6, 6.07) is 13.5. The highest BCUT2D eigenvalue weighted by Gasteiger charge is 2.23. The molecule has 2 aromatic carbocycles. The Balaban J connectivity index is 0.00000385. The van der Waals surface area contributed by atoms with Crippen molar-refractivity contribution in [3.05, 3.63) is 59.2 Å². The largest absolute Gasteiger partial charge is 0.497 e. The zero-order valence-electron chi connectivity index (χ0n) is 19.5. The van der Waals surface area contributed by atoms with Gasteiger partial charge < -0.3 is 25.8 Å². The molecule has 0 spiro atoms. The third-order valence-electron chi connectivity index (χ3n) is 5.43. The zero-order valence-corrected chi connectivity index (χ0v) is 21.8. The first-order valence-electron chi connectivity index (χ1n) is 10.9. The Hall–Kier alpha value is -2.53. The lowest BCUT2D eigenvalue weighted by Gasteiger charge is -2.19. The van der Waals surface area contributed by atoms with Crippen LogP contribution in [0.2, 0.25) is 0 Å². The summed E-state index contributed by atoms with van der Waals surface area (Å²) in [5.41, 5.74) is 7.99. The standard InChI is InChI=1S/C24H33N5O3.HI/c1-4-26-24(27-14-17-5-7-19(8-6-17)23(25)30)28-20-9-10-29(16-20)15-18-11-21(31-2)13-22(12-18)32-3;/h5-8,11-13,20H,4,9-10,14-16H2,1-3H3,(H2,25,30)(H2,26,27,28);1H. The smallest absolute Gasteiger partial charge is 0.248 e. The summed E-state index contributed by atoms with van der Waals surface area (Å²) in [6.07, 6.45) is 1.04. The van der Waals surface area contributed by atoms with Crippen LogP contribution in [-0.4, -0.2) is 56.7 Å². The number of hydrogen-bond acceptors (Lipinski definition) is 5. The van der Waals surface area contributed by atoms with Crippen LogP contribution >= 0.6 is 24.0 Å². The van der Waals surface area contributed by atoms with Crippen molar-refractivity contribution in [2.24, 2.45) is 10.7 Å². The van der Waals surface area contributed by atoms with Crippen LogP contribution in [0.3, 0.4) is 0 Å². The predicted molar refractivity (Wildman–Crippen MR) is 142 cm³/mol. The van der Waals surface area contributed by atoms with Crippen LogP contribution in [0.1, 0.15) is 34.8 Å². The quantitative estimate of drug-likeness (QED) is 0.245. The van der Waals surface area contributed by atoms with Gasteiger partial charge in [-0.3, -0.25) is 9.69 Å². The number of carbonyl (C=O) groups excluding carboxylic acids is 1. The van der Waals surface area contributed by atoms with Crippen LogP contribution in [0, 0.1) is 0 Å². The Kier molecular flexibility index (Phi) is 10.7. The number of halogens is 1. The molecule has 33 heavy (non-hydrogen) atoms. The van der Waals surface area contributed by atoms with Crippen molar-refractivity contribution >= 4 is 35.8 Å². The fourth-order valence-electron chi connectivity index (χ4n) is 3.77. The van der Waals surface area contributed by atoms with Crippen molar-refractivity contribution in [3.63, 3.8) is 0 Å². The Labute approximate surface area is 212 Å². The van der Waals surface area contributed by atoms with Crippen molar-refractivity contribution < 1.29 is 14.3 Å². The summed E-state index contributed by atoms with van der Waals surface area (Å²) in [4.78, 5) is 18.3. The molecule has 1 unspecified atom stereocenters. The SMILES string of the molecule is CCNC(=NCc1ccc(C(N)=O)cc1)NC1CCN(Cc2cc(OC)cc(OC)c2)C1.I. The first-order valence-corrected chi connectivity index (χ1v) is 10.9. The number of guanidine groups is 1. The summed E-state index contributed by atoms with van der Waals surface area (Å²) in [5.74, 6) is 1.98. The number of ether oxygens (including phenoxy) is 2. The van der Waals surface area contributed by atoms with Gasteiger partial charge in [0, 0.05) is 43.9 Å². The topological polar surface area (TPSA) is 101 Å². The van der Waals surface area contributed by atoms with Crippen LogP contribution in [0.25, 0.3) is 0 Å². The van der Waals surface area contributed by atoms with Crippen molar-refractivity contribution in [1.29, 1.82) is 0 Å². The second-order valence-corrected chi connectivity index (χ2v) is 7.84. The average Bonchev–Trinajstić information content (AvgIpc) is 3.24. The van der Waals surface area contributed by atoms with Crippen LogP contribution in [-0.2, 0) is 13.1 Å². The number of likely N-dealkylation sites (tertiary alicyclic amines) is 1. The van der Waals surface area contributed by atoms with E-state index in [1.54, 1.807) is 26.4 Å². The van der Waals surface area contributed by atoms with Gasteiger partial charge in [0.05, 0.1) is 20.8 Å². The third kappa shape index (κ3) is 8.08. The monoisotopic (exact) mass is 567 g/mol. The maximum absolute atomic E-state index is 11.2. The Morgan fingerprint density at radius 3 is 2.36 bits per heavy atom. The summed E-state index contributed by atoms with van der Waals surface area (Å²) in [7, 11) is 3.34. The normalized spacial score (nSPS) is 16.1. The molecule has 1 aliphatic heterocycles. The van der Waals surface area contributed by atoms with Gasteiger partial charge in [-0.05, 0) is 48.7 Å². The van der Waals surface area contributed by atoms with E-state index < -0.39 is 5.91 Å². The minimum absolute atomic E-state index is 0. The van der Waals surface area contributed by atoms with E-state index in [2.05, 4.69) is 34.6 Å². The Bertz CT molecular complexity index is 914. The summed E-state index contributed by atoms with van der Waals surface area (Å²) >= 11 is 0. The molecular weight excluding hydrogens is 533 g/mol. The molecule has 0 aromatic heterocycles. The van der Waals surface area contributed by atoms with E-state index in [1.165, 1.54) is 5.56 Å². The number of methoxy groups -OCH3 is 2. The van der Waals surface area contributed by atoms with Crippen LogP contribution in [0.4, 0.5) is 0 Å². The van der Waals surface area contributed by atoms with Gasteiger partial charge in [-0.1, -0.05) is 12.1 Å². The number of benzene rings is 2. The number of amides is 1. The number of rotatable bonds is 9. The van der Waals surface area contributed by atoms with Crippen LogP contribution in [0.15, 0.2) is 47.5 Å². The predicted octanol–water partition coefficient (Wildman–Crippen LogP) is 2.75. The molecule has 1 aliphatic rings. The number of aliphatic imine (C=N–C) groups is 1. The fraction of sp³-hybridized carbons (Fsp3) is 0.417. The zero-order chi connectivity index (χ0) is 22.9. The second kappa shape index (κ2) is 13.2. The first kappa shape index (κ1) is 26.7. The molecule has 180 valence electrons. The lowest BCUT2D eigenvalue weighted by atomic mass is 10.1. The van der Waals surface area contributed by atoms with E-state index in [0.29, 0.717) is 18.2 Å². The van der Waals surface area contributed by atoms with Gasteiger partial charge in [0.1, 0.15) is 11.5 Å². The molecule has 3 rings (SSSR count). The van der Waals surface area contributed by atoms with Gasteiger partial charge >= 0.3 is 0 Å². The van der Waals surface area contributed by atoms with Gasteiger partial charge in [0.25, 0.3) is 0 Å². The molecule has 2 aromatic rings. The second-order valence-electron chi connectivity index (χ2n) is 7.84. The van der Waals surface area contributed by atoms with E-state index in [1.807, 2.05) is 18.2 Å². The van der Waals surface area contributed by atoms with Crippen LogP contribution < -0.4 is 25.8 Å². The number of nitrogens with two attached hydrogens (primary N) is 1. The summed E-state index contributed by atoms with van der Waals surface area (Å²) in [5, 5.41) is 6.87. The average molecular weight is 567 g/mol. The maximum Gasteiger partial charge on any atom is 0.248 e. The highest BCUT2D eigenvalue weighted by molar-refractivity contribution is 14.0. The number of nitrogens with one attached hydrogen (secondary N) is 2. The van der Waals surface area contributed by atoms with E-state index in [0.717, 1.165) is 55.6 Å². The number of primary amides is 1. The minimum Gasteiger partial charge on any atom is -0.497 e. The molecule has 8 nitrogen and oxygen atoms in total. The number of nitrogens with zero attached hydrogens (tertiary/aromatic N) is 2. The van der Waals surface area contributed by atoms with E-state index >= 15 is 0 Å². The van der Waals surface area contributed by atoms with Crippen molar-refractivity contribution in [2.45, 2.75) is 32.5 Å². The fourth-order valence-corrected chi connectivity index (χ4v) is 3.77. The highest BCUT2D eigenvalue weighted by Crippen LogP contribution is 2.24. The highest BCUT2D eigenvalue weighted by atomic mass is 127. The Morgan fingerprint density at radius 1 is 1.12 bits per heavy atom. The Morgan fingerprint density at radius 2 is 1.79 bits per heavy atom. The van der Waals surface area contributed by atoms with Crippen molar-refractivity contribution in [2.75, 3.05) is 33.9 Å². The van der Waals surface area contributed by atoms with Gasteiger partial charge in [0.2, 0.25) is 5.91 Å². The van der Waals surface area contributed by atoms with Gasteiger partial charge in [-0.25, -0.2) is 4.99 Å². The third-order valence-corrected chi connectivity index (χ3v) is 5.43. The molecular formula is C24H34IN5O3. The lowest BCUT2D eigenvalue weighted by Crippen LogP contribution is -2.44. The molecule has 1 saturated heterocycles. The minimum atomic E-state index is -0.423. The van der Waals surface area contributed by atoms with Crippen molar-refractivity contribution in [3.8, 4) is 11.5 Å². The van der Waals surface area contributed by atoms with Crippen LogP contribution in [0.5, 0.6) is 11.5 Å². The van der Waals surface area contributed by atoms with Gasteiger partial charge in [-0.15, -0.1) is 24.0 Å². The molecule has 1 fully saturated rings. The molecule has 0 radical (unpaired) electrons. The molecule has 1 heterocycles. The first-order chi connectivity index (χ1) is 15.5. The molecule has 1 amide bonds. The molecule has 9 heteroatoms. The molecule has 0 aliphatic carbocycles. The van der Waals surface area contributed by atoms with Gasteiger partial charge in [-0.2, -0.15) is 0 Å². The molecule has 0 bridgehead atoms. The lowest BCUT2D eigenvalue weighted by molar-refractivity contribution is 0.100. The number of carbonyl (C=O) groups is 1. The van der Waals surface area contributed by atoms with Gasteiger partial charge in [0.15, 0.2) is 5.96 Å². The molecule has 1 atom stereocenters. The molecule has 0 saturated carbocycles. The maximum atomic E-state index is 11.2. The van der Waals surface area contributed by atoms with E-state index in [4.69, 9.17) is 20.2 Å². The number of hydrogen-bond donors (Lipinski definition) is 3. The van der Waals surface area contributed by atoms with E-state index in [-0.39, 0.29) is 24.0 Å². The van der Waals surface area contributed by atoms with E-state index in [9.17, 15) is 4.79 Å². The summed E-state index contributed by atoms with van der Waals surface area (Å²) < 4.78 is 10.8. The summed E-state index contributed by atoms with van der Waals surface area (Å²) in [6.45, 7) is 6.13. The van der Waals surface area contributed by atoms with Crippen molar-refractivity contribution in [1.82, 2.24) is 15.5 Å². The molecule has 4 N–H and O–H groups in total.